The van der Waals surface area contributed by atoms with Gasteiger partial charge in [-0.05, 0) is 49.3 Å². The summed E-state index contributed by atoms with van der Waals surface area (Å²) in [4.78, 5) is 14.5. The number of hydrogen-bond donors (Lipinski definition) is 0. The average molecular weight is 350 g/mol. The summed E-state index contributed by atoms with van der Waals surface area (Å²) in [5.74, 6) is 0.155. The van der Waals surface area contributed by atoms with Crippen LogP contribution in [0.15, 0.2) is 30.5 Å². The molecule has 1 fully saturated rings. The number of nitrogens with zero attached hydrogens (tertiary/aromatic N) is 3. The first-order valence-electron chi connectivity index (χ1n) is 8.26. The topological polar surface area (TPSA) is 38.1 Å². The third kappa shape index (κ3) is 3.96. The summed E-state index contributed by atoms with van der Waals surface area (Å²) >= 11 is 6.09. The standard InChI is InChI=1S/C18H21ClFN3O/c1-22-12-16(19)17(21-22)18(24)23-10-2-3-14(11-23)5-4-13-6-8-15(20)9-7-13/h6-9,12,14H,2-5,10-11H2,1H3/t14-/m1/s1. The molecule has 1 aromatic heterocycles. The van der Waals surface area contributed by atoms with Crippen LogP contribution < -0.4 is 0 Å². The van der Waals surface area contributed by atoms with Gasteiger partial charge in [0.25, 0.3) is 5.91 Å². The van der Waals surface area contributed by atoms with Crippen LogP contribution in [0.5, 0.6) is 0 Å². The van der Waals surface area contributed by atoms with Crippen LogP contribution in [0, 0.1) is 11.7 Å². The first-order chi connectivity index (χ1) is 11.5. The highest BCUT2D eigenvalue weighted by atomic mass is 35.5. The van der Waals surface area contributed by atoms with Gasteiger partial charge < -0.3 is 4.90 Å². The van der Waals surface area contributed by atoms with Crippen LogP contribution in [0.1, 0.15) is 35.3 Å². The van der Waals surface area contributed by atoms with E-state index in [-0.39, 0.29) is 11.7 Å². The van der Waals surface area contributed by atoms with E-state index in [0.717, 1.165) is 44.3 Å². The Hall–Kier alpha value is -1.88. The minimum absolute atomic E-state index is 0.0907. The SMILES string of the molecule is Cn1cc(Cl)c(C(=O)N2CCC[C@H](CCc3ccc(F)cc3)C2)n1. The van der Waals surface area contributed by atoms with Crippen LogP contribution in [0.2, 0.25) is 5.02 Å². The molecular weight excluding hydrogens is 329 g/mol. The molecular formula is C18H21ClFN3O. The summed E-state index contributed by atoms with van der Waals surface area (Å²) in [7, 11) is 1.75. The third-order valence-electron chi connectivity index (χ3n) is 4.55. The maximum Gasteiger partial charge on any atom is 0.275 e. The number of hydrogen-bond acceptors (Lipinski definition) is 2. The number of halogens is 2. The second kappa shape index (κ2) is 7.34. The first-order valence-corrected chi connectivity index (χ1v) is 8.63. The minimum Gasteiger partial charge on any atom is -0.337 e. The molecule has 0 unspecified atom stereocenters. The molecule has 1 amide bonds. The molecule has 6 heteroatoms. The molecule has 0 radical (unpaired) electrons. The van der Waals surface area contributed by atoms with Crippen molar-refractivity contribution in [1.82, 2.24) is 14.7 Å². The summed E-state index contributed by atoms with van der Waals surface area (Å²) < 4.78 is 14.5. The van der Waals surface area contributed by atoms with E-state index >= 15 is 0 Å². The Morgan fingerprint density at radius 1 is 1.38 bits per heavy atom. The quantitative estimate of drug-likeness (QED) is 0.844. The van der Waals surface area contributed by atoms with Crippen molar-refractivity contribution in [3.8, 4) is 0 Å². The monoisotopic (exact) mass is 349 g/mol. The Kier molecular flexibility index (Phi) is 5.19. The molecule has 0 aliphatic carbocycles. The van der Waals surface area contributed by atoms with E-state index in [1.165, 1.54) is 12.1 Å². The zero-order valence-corrected chi connectivity index (χ0v) is 14.5. The molecule has 2 aromatic rings. The lowest BCUT2D eigenvalue weighted by molar-refractivity contribution is 0.0662. The van der Waals surface area contributed by atoms with Gasteiger partial charge in [0, 0.05) is 26.3 Å². The average Bonchev–Trinajstić information content (AvgIpc) is 2.92. The van der Waals surface area contributed by atoms with Crippen molar-refractivity contribution < 1.29 is 9.18 Å². The number of benzene rings is 1. The van der Waals surface area contributed by atoms with E-state index in [1.807, 2.05) is 17.0 Å². The maximum atomic E-state index is 13.0. The largest absolute Gasteiger partial charge is 0.337 e. The van der Waals surface area contributed by atoms with Gasteiger partial charge >= 0.3 is 0 Å². The van der Waals surface area contributed by atoms with E-state index in [1.54, 1.807) is 17.9 Å². The minimum atomic E-state index is -0.208. The van der Waals surface area contributed by atoms with E-state index in [2.05, 4.69) is 5.10 Å². The van der Waals surface area contributed by atoms with Crippen molar-refractivity contribution in [2.75, 3.05) is 13.1 Å². The molecule has 0 spiro atoms. The molecule has 128 valence electrons. The molecule has 1 aliphatic rings. The number of likely N-dealkylation sites (tertiary alicyclic amines) is 1. The van der Waals surface area contributed by atoms with Crippen LogP contribution >= 0.6 is 11.6 Å². The van der Waals surface area contributed by atoms with E-state index in [9.17, 15) is 9.18 Å². The Balaban J connectivity index is 1.58. The van der Waals surface area contributed by atoms with Crippen molar-refractivity contribution in [3.05, 3.63) is 52.6 Å². The van der Waals surface area contributed by atoms with Crippen molar-refractivity contribution >= 4 is 17.5 Å². The van der Waals surface area contributed by atoms with Crippen LogP contribution in [0.25, 0.3) is 0 Å². The molecule has 2 heterocycles. The number of rotatable bonds is 4. The highest BCUT2D eigenvalue weighted by Crippen LogP contribution is 2.24. The number of carbonyl (C=O) groups excluding carboxylic acids is 1. The van der Waals surface area contributed by atoms with Crippen molar-refractivity contribution in [1.29, 1.82) is 0 Å². The first kappa shape index (κ1) is 17.0. The molecule has 1 aromatic carbocycles. The Morgan fingerprint density at radius 2 is 2.12 bits per heavy atom. The van der Waals surface area contributed by atoms with Crippen molar-refractivity contribution in [2.45, 2.75) is 25.7 Å². The van der Waals surface area contributed by atoms with Gasteiger partial charge in [0.15, 0.2) is 5.69 Å². The van der Waals surface area contributed by atoms with E-state index < -0.39 is 0 Å². The molecule has 4 nitrogen and oxygen atoms in total. The predicted octanol–water partition coefficient (Wildman–Crippen LogP) is 3.70. The van der Waals surface area contributed by atoms with Gasteiger partial charge in [-0.15, -0.1) is 0 Å². The van der Waals surface area contributed by atoms with Crippen LogP contribution in [-0.4, -0.2) is 33.7 Å². The van der Waals surface area contributed by atoms with Gasteiger partial charge in [0.05, 0.1) is 5.02 Å². The molecule has 0 bridgehead atoms. The fraction of sp³-hybridized carbons (Fsp3) is 0.444. The molecule has 1 aliphatic heterocycles. The summed E-state index contributed by atoms with van der Waals surface area (Å²) in [6.45, 7) is 1.48. The fourth-order valence-electron chi connectivity index (χ4n) is 3.26. The normalized spacial score (nSPS) is 18.0. The lowest BCUT2D eigenvalue weighted by atomic mass is 9.91. The number of carbonyl (C=O) groups is 1. The summed E-state index contributed by atoms with van der Waals surface area (Å²) in [6.07, 6.45) is 5.64. The van der Waals surface area contributed by atoms with Gasteiger partial charge in [-0.2, -0.15) is 5.10 Å². The van der Waals surface area contributed by atoms with Crippen molar-refractivity contribution in [3.63, 3.8) is 0 Å². The van der Waals surface area contributed by atoms with Crippen LogP contribution in [-0.2, 0) is 13.5 Å². The second-order valence-corrected chi connectivity index (χ2v) is 6.83. The molecule has 24 heavy (non-hydrogen) atoms. The number of aryl methyl sites for hydroxylation is 2. The Labute approximate surface area is 146 Å². The lowest BCUT2D eigenvalue weighted by Crippen LogP contribution is -2.40. The van der Waals surface area contributed by atoms with Gasteiger partial charge in [-0.3, -0.25) is 9.48 Å². The zero-order chi connectivity index (χ0) is 17.1. The molecule has 1 saturated heterocycles. The molecule has 0 saturated carbocycles. The smallest absolute Gasteiger partial charge is 0.275 e. The van der Waals surface area contributed by atoms with E-state index in [4.69, 9.17) is 11.6 Å². The predicted molar refractivity (Wildman–Crippen MR) is 91.6 cm³/mol. The molecule has 1 atom stereocenters. The fourth-order valence-corrected chi connectivity index (χ4v) is 3.52. The second-order valence-electron chi connectivity index (χ2n) is 6.42. The number of amides is 1. The van der Waals surface area contributed by atoms with Gasteiger partial charge in [-0.25, -0.2) is 4.39 Å². The summed E-state index contributed by atoms with van der Waals surface area (Å²) in [5, 5.41) is 4.57. The van der Waals surface area contributed by atoms with E-state index in [0.29, 0.717) is 16.6 Å². The lowest BCUT2D eigenvalue weighted by Gasteiger charge is -2.32. The number of piperidine rings is 1. The summed E-state index contributed by atoms with van der Waals surface area (Å²) in [6, 6.07) is 6.65. The van der Waals surface area contributed by atoms with Crippen molar-refractivity contribution in [2.24, 2.45) is 13.0 Å². The molecule has 0 N–H and O–H groups in total. The highest BCUT2D eigenvalue weighted by molar-refractivity contribution is 6.33. The van der Waals surface area contributed by atoms with Gasteiger partial charge in [0.1, 0.15) is 5.82 Å². The zero-order valence-electron chi connectivity index (χ0n) is 13.7. The highest BCUT2D eigenvalue weighted by Gasteiger charge is 2.27. The Bertz CT molecular complexity index is 714. The Morgan fingerprint density at radius 3 is 2.79 bits per heavy atom. The van der Waals surface area contributed by atoms with Crippen LogP contribution in [0.3, 0.4) is 0 Å². The van der Waals surface area contributed by atoms with Gasteiger partial charge in [0.2, 0.25) is 0 Å². The third-order valence-corrected chi connectivity index (χ3v) is 4.82. The van der Waals surface area contributed by atoms with Gasteiger partial charge in [-0.1, -0.05) is 23.7 Å². The number of aromatic nitrogens is 2. The van der Waals surface area contributed by atoms with Crippen LogP contribution in [0.4, 0.5) is 4.39 Å². The summed E-state index contributed by atoms with van der Waals surface area (Å²) in [5.41, 5.74) is 1.46. The molecule has 3 rings (SSSR count). The maximum absolute atomic E-state index is 13.0.